The highest BCUT2D eigenvalue weighted by molar-refractivity contribution is 6.03. The maximum absolute atomic E-state index is 13.2. The zero-order valence-corrected chi connectivity index (χ0v) is 16.5. The van der Waals surface area contributed by atoms with Crippen LogP contribution in [0.25, 0.3) is 11.5 Å². The predicted molar refractivity (Wildman–Crippen MR) is 109 cm³/mol. The van der Waals surface area contributed by atoms with Gasteiger partial charge in [-0.2, -0.15) is 5.10 Å². The summed E-state index contributed by atoms with van der Waals surface area (Å²) in [5.74, 6) is -0.734. The first-order valence-corrected chi connectivity index (χ1v) is 9.11. The van der Waals surface area contributed by atoms with Gasteiger partial charge in [-0.15, -0.1) is 0 Å². The van der Waals surface area contributed by atoms with E-state index in [4.69, 9.17) is 0 Å². The monoisotopic (exact) mass is 421 g/mol. The van der Waals surface area contributed by atoms with Crippen LogP contribution in [0.15, 0.2) is 58.5 Å². The molecular formula is C20H16FN7O3. The maximum Gasteiger partial charge on any atom is 0.333 e. The summed E-state index contributed by atoms with van der Waals surface area (Å²) in [6.45, 7) is 3.70. The highest BCUT2D eigenvalue weighted by Gasteiger charge is 2.17. The van der Waals surface area contributed by atoms with Crippen LogP contribution in [0.1, 0.15) is 21.7 Å². The van der Waals surface area contributed by atoms with Crippen molar-refractivity contribution in [3.63, 3.8) is 0 Å². The molecule has 0 spiro atoms. The van der Waals surface area contributed by atoms with Crippen LogP contribution in [0.2, 0.25) is 0 Å². The molecule has 0 radical (unpaired) electrons. The number of benzene rings is 1. The van der Waals surface area contributed by atoms with Gasteiger partial charge in [0.05, 0.1) is 11.4 Å². The summed E-state index contributed by atoms with van der Waals surface area (Å²) in [5.41, 5.74) is -0.179. The van der Waals surface area contributed by atoms with Gasteiger partial charge >= 0.3 is 5.69 Å². The number of nitrogens with zero attached hydrogens (tertiary/aromatic N) is 5. The van der Waals surface area contributed by atoms with Crippen LogP contribution < -0.4 is 16.6 Å². The average Bonchev–Trinajstić information content (AvgIpc) is 3.07. The SMILES string of the molecule is Cc1cc(C)n(-c2cc(NC(=O)c3c[nH]c(=O)n(-c4ccc(F)cc4)c3=O)ncn2)n1. The van der Waals surface area contributed by atoms with Crippen molar-refractivity contribution in [2.24, 2.45) is 0 Å². The van der Waals surface area contributed by atoms with Crippen molar-refractivity contribution in [2.45, 2.75) is 13.8 Å². The third-order valence-corrected chi connectivity index (χ3v) is 4.43. The lowest BCUT2D eigenvalue weighted by molar-refractivity contribution is 0.102. The first-order chi connectivity index (χ1) is 14.8. The average molecular weight is 421 g/mol. The molecule has 0 aliphatic carbocycles. The van der Waals surface area contributed by atoms with E-state index >= 15 is 0 Å². The first-order valence-electron chi connectivity index (χ1n) is 9.11. The molecule has 0 aliphatic rings. The molecule has 3 aromatic heterocycles. The molecule has 0 fully saturated rings. The quantitative estimate of drug-likeness (QED) is 0.514. The van der Waals surface area contributed by atoms with Gasteiger partial charge in [-0.25, -0.2) is 28.4 Å². The van der Waals surface area contributed by atoms with E-state index < -0.39 is 23.0 Å². The zero-order chi connectivity index (χ0) is 22.1. The minimum absolute atomic E-state index is 0.121. The van der Waals surface area contributed by atoms with E-state index in [1.807, 2.05) is 19.9 Å². The van der Waals surface area contributed by atoms with Crippen molar-refractivity contribution >= 4 is 11.7 Å². The molecule has 0 atom stereocenters. The summed E-state index contributed by atoms with van der Waals surface area (Å²) in [7, 11) is 0. The number of nitrogens with one attached hydrogen (secondary N) is 2. The fourth-order valence-corrected chi connectivity index (χ4v) is 3.04. The third-order valence-electron chi connectivity index (χ3n) is 4.43. The molecule has 4 rings (SSSR count). The maximum atomic E-state index is 13.2. The molecule has 0 saturated carbocycles. The van der Waals surface area contributed by atoms with E-state index in [2.05, 4.69) is 25.4 Å². The van der Waals surface area contributed by atoms with E-state index in [0.717, 1.165) is 34.3 Å². The normalized spacial score (nSPS) is 10.8. The lowest BCUT2D eigenvalue weighted by atomic mass is 10.2. The molecule has 0 bridgehead atoms. The molecule has 156 valence electrons. The minimum atomic E-state index is -0.860. The Hall–Kier alpha value is -4.41. The summed E-state index contributed by atoms with van der Waals surface area (Å²) in [6, 6.07) is 8.11. The van der Waals surface area contributed by atoms with Crippen LogP contribution in [0.4, 0.5) is 10.2 Å². The largest absolute Gasteiger partial charge is 0.333 e. The molecule has 11 heteroatoms. The van der Waals surface area contributed by atoms with Crippen LogP contribution in [0.5, 0.6) is 0 Å². The van der Waals surface area contributed by atoms with Crippen LogP contribution in [-0.2, 0) is 0 Å². The summed E-state index contributed by atoms with van der Waals surface area (Å²) in [6.07, 6.45) is 2.27. The van der Waals surface area contributed by atoms with Gasteiger partial charge in [0.25, 0.3) is 11.5 Å². The van der Waals surface area contributed by atoms with Crippen molar-refractivity contribution in [1.29, 1.82) is 0 Å². The highest BCUT2D eigenvalue weighted by Crippen LogP contribution is 2.13. The van der Waals surface area contributed by atoms with Crippen LogP contribution in [0, 0.1) is 19.7 Å². The summed E-state index contributed by atoms with van der Waals surface area (Å²) < 4.78 is 15.5. The van der Waals surface area contributed by atoms with Gasteiger partial charge in [-0.1, -0.05) is 0 Å². The van der Waals surface area contributed by atoms with E-state index in [1.54, 1.807) is 4.68 Å². The highest BCUT2D eigenvalue weighted by atomic mass is 19.1. The molecular weight excluding hydrogens is 405 g/mol. The molecule has 2 N–H and O–H groups in total. The first kappa shape index (κ1) is 19.9. The minimum Gasteiger partial charge on any atom is -0.313 e. The summed E-state index contributed by atoms with van der Waals surface area (Å²) in [5, 5.41) is 6.84. The number of aromatic nitrogens is 6. The number of hydrogen-bond donors (Lipinski definition) is 2. The molecule has 10 nitrogen and oxygen atoms in total. The summed E-state index contributed by atoms with van der Waals surface area (Å²) >= 11 is 0. The third kappa shape index (κ3) is 3.88. The molecule has 4 aromatic rings. The van der Waals surface area contributed by atoms with Gasteiger partial charge < -0.3 is 10.3 Å². The number of carbonyl (C=O) groups is 1. The molecule has 0 unspecified atom stereocenters. The number of halogens is 1. The standard InChI is InChI=1S/C20H16FN7O3/c1-11-7-12(2)28(26-11)17-8-16(23-10-24-17)25-18(29)15-9-22-20(31)27(19(15)30)14-5-3-13(21)4-6-14/h3-10H,1-2H3,(H,22,31)(H,23,24,25,29). The fraction of sp³-hybridized carbons (Fsp3) is 0.100. The van der Waals surface area contributed by atoms with Gasteiger partial charge in [0.15, 0.2) is 5.82 Å². The fourth-order valence-electron chi connectivity index (χ4n) is 3.04. The molecule has 3 heterocycles. The Morgan fingerprint density at radius 1 is 1.10 bits per heavy atom. The molecule has 0 saturated heterocycles. The second-order valence-electron chi connectivity index (χ2n) is 6.68. The number of rotatable bonds is 4. The van der Waals surface area contributed by atoms with Crippen molar-refractivity contribution in [1.82, 2.24) is 29.3 Å². The summed E-state index contributed by atoms with van der Waals surface area (Å²) in [4.78, 5) is 48.1. The van der Waals surface area contributed by atoms with Gasteiger partial charge in [-0.3, -0.25) is 9.59 Å². The number of anilines is 1. The van der Waals surface area contributed by atoms with Gasteiger partial charge in [-0.05, 0) is 44.2 Å². The van der Waals surface area contributed by atoms with Crippen LogP contribution in [-0.4, -0.2) is 35.2 Å². The number of amides is 1. The van der Waals surface area contributed by atoms with Gasteiger partial charge in [0, 0.05) is 18.0 Å². The van der Waals surface area contributed by atoms with E-state index in [9.17, 15) is 18.8 Å². The zero-order valence-electron chi connectivity index (χ0n) is 16.5. The smallest absolute Gasteiger partial charge is 0.313 e. The molecule has 31 heavy (non-hydrogen) atoms. The van der Waals surface area contributed by atoms with E-state index in [1.165, 1.54) is 24.5 Å². The van der Waals surface area contributed by atoms with Gasteiger partial charge in [0.1, 0.15) is 23.5 Å². The topological polar surface area (TPSA) is 128 Å². The number of aryl methyl sites for hydroxylation is 2. The number of hydrogen-bond acceptors (Lipinski definition) is 6. The second kappa shape index (κ2) is 7.78. The van der Waals surface area contributed by atoms with E-state index in [0.29, 0.717) is 5.82 Å². The Morgan fingerprint density at radius 3 is 2.52 bits per heavy atom. The van der Waals surface area contributed by atoms with Crippen molar-refractivity contribution in [3.05, 3.63) is 92.5 Å². The van der Waals surface area contributed by atoms with Crippen molar-refractivity contribution in [3.8, 4) is 11.5 Å². The number of H-pyrrole nitrogens is 1. The van der Waals surface area contributed by atoms with Gasteiger partial charge in [0.2, 0.25) is 0 Å². The van der Waals surface area contributed by atoms with Crippen molar-refractivity contribution < 1.29 is 9.18 Å². The Labute approximate surface area is 174 Å². The molecule has 0 aliphatic heterocycles. The molecule has 1 aromatic carbocycles. The Balaban J connectivity index is 1.67. The van der Waals surface area contributed by atoms with Crippen LogP contribution >= 0.6 is 0 Å². The van der Waals surface area contributed by atoms with Crippen LogP contribution in [0.3, 0.4) is 0 Å². The second-order valence-corrected chi connectivity index (χ2v) is 6.68. The number of aromatic amines is 1. The Morgan fingerprint density at radius 2 is 1.84 bits per heavy atom. The lowest BCUT2D eigenvalue weighted by Gasteiger charge is -2.09. The molecule has 1 amide bonds. The Kier molecular flexibility index (Phi) is 4.99. The lowest BCUT2D eigenvalue weighted by Crippen LogP contribution is -2.38. The number of carbonyl (C=O) groups excluding carboxylic acids is 1. The van der Waals surface area contributed by atoms with E-state index in [-0.39, 0.29) is 17.1 Å². The predicted octanol–water partition coefficient (Wildman–Crippen LogP) is 1.51. The van der Waals surface area contributed by atoms with Crippen molar-refractivity contribution in [2.75, 3.05) is 5.32 Å². The Bertz CT molecular complexity index is 1400.